The van der Waals surface area contributed by atoms with Crippen LogP contribution in [-0.2, 0) is 0 Å². The second kappa shape index (κ2) is 6.64. The summed E-state index contributed by atoms with van der Waals surface area (Å²) in [5.74, 6) is 0.480. The number of rotatable bonds is 7. The molecular weight excluding hydrogens is 222 g/mol. The fourth-order valence-corrected chi connectivity index (χ4v) is 1.30. The van der Waals surface area contributed by atoms with Crippen molar-refractivity contribution in [3.8, 4) is 0 Å². The number of anilines is 2. The van der Waals surface area contributed by atoms with Crippen LogP contribution >= 0.6 is 0 Å². The molecule has 0 aliphatic rings. The Morgan fingerprint density at radius 1 is 1.41 bits per heavy atom. The molecule has 0 aromatic carbocycles. The number of hydrogen-bond donors (Lipinski definition) is 3. The first-order valence-corrected chi connectivity index (χ1v) is 5.50. The lowest BCUT2D eigenvalue weighted by atomic mass is 10.4. The number of pyridine rings is 1. The standard InChI is InChI=1S/C10H17N5O2/c1-2-5-12-6-7-13-9-4-3-8(15(16)17)10(11)14-9/h3-4,12H,2,5-7H2,1H3,(H3,11,13,14). The molecule has 0 spiro atoms. The largest absolute Gasteiger partial charge is 0.378 e. The highest BCUT2D eigenvalue weighted by Gasteiger charge is 2.12. The zero-order chi connectivity index (χ0) is 12.7. The normalized spacial score (nSPS) is 10.2. The zero-order valence-electron chi connectivity index (χ0n) is 9.77. The molecule has 17 heavy (non-hydrogen) atoms. The smallest absolute Gasteiger partial charge is 0.311 e. The summed E-state index contributed by atoms with van der Waals surface area (Å²) < 4.78 is 0. The van der Waals surface area contributed by atoms with Gasteiger partial charge in [0.25, 0.3) is 0 Å². The Morgan fingerprint density at radius 3 is 2.76 bits per heavy atom. The second-order valence-electron chi connectivity index (χ2n) is 3.53. The number of nitro groups is 1. The van der Waals surface area contributed by atoms with Gasteiger partial charge in [-0.3, -0.25) is 10.1 Å². The molecular formula is C10H17N5O2. The second-order valence-corrected chi connectivity index (χ2v) is 3.53. The Morgan fingerprint density at radius 2 is 2.18 bits per heavy atom. The van der Waals surface area contributed by atoms with Gasteiger partial charge < -0.3 is 16.4 Å². The minimum atomic E-state index is -0.547. The summed E-state index contributed by atoms with van der Waals surface area (Å²) in [7, 11) is 0. The fourth-order valence-electron chi connectivity index (χ4n) is 1.30. The van der Waals surface area contributed by atoms with Crippen molar-refractivity contribution in [3.05, 3.63) is 22.2 Å². The number of nitrogens with one attached hydrogen (secondary N) is 2. The summed E-state index contributed by atoms with van der Waals surface area (Å²) in [6.45, 7) is 4.58. The van der Waals surface area contributed by atoms with E-state index in [0.29, 0.717) is 12.4 Å². The van der Waals surface area contributed by atoms with Crippen LogP contribution in [0.25, 0.3) is 0 Å². The minimum absolute atomic E-state index is 0.0680. The Hall–Kier alpha value is -1.89. The average molecular weight is 239 g/mol. The summed E-state index contributed by atoms with van der Waals surface area (Å²) in [6.07, 6.45) is 1.09. The molecule has 1 rings (SSSR count). The highest BCUT2D eigenvalue weighted by Crippen LogP contribution is 2.20. The van der Waals surface area contributed by atoms with Crippen molar-refractivity contribution >= 4 is 17.3 Å². The summed E-state index contributed by atoms with van der Waals surface area (Å²) in [5, 5.41) is 16.8. The maximum Gasteiger partial charge on any atom is 0.311 e. The van der Waals surface area contributed by atoms with Crippen LogP contribution in [0.4, 0.5) is 17.3 Å². The van der Waals surface area contributed by atoms with E-state index in [4.69, 9.17) is 5.73 Å². The van der Waals surface area contributed by atoms with E-state index in [1.165, 1.54) is 6.07 Å². The molecule has 1 aromatic heterocycles. The van der Waals surface area contributed by atoms with Crippen molar-refractivity contribution in [2.75, 3.05) is 30.7 Å². The van der Waals surface area contributed by atoms with E-state index in [1.807, 2.05) is 0 Å². The first-order valence-electron chi connectivity index (χ1n) is 5.50. The van der Waals surface area contributed by atoms with E-state index < -0.39 is 4.92 Å². The Labute approximate surface area is 99.6 Å². The molecule has 1 heterocycles. The highest BCUT2D eigenvalue weighted by atomic mass is 16.6. The number of hydrogen-bond acceptors (Lipinski definition) is 6. The van der Waals surface area contributed by atoms with Gasteiger partial charge in [0.2, 0.25) is 5.82 Å². The van der Waals surface area contributed by atoms with Gasteiger partial charge >= 0.3 is 5.69 Å². The molecule has 0 atom stereocenters. The highest BCUT2D eigenvalue weighted by molar-refractivity contribution is 5.57. The zero-order valence-corrected chi connectivity index (χ0v) is 9.77. The Bertz CT molecular complexity index is 383. The molecule has 94 valence electrons. The van der Waals surface area contributed by atoms with Crippen LogP contribution in [0.2, 0.25) is 0 Å². The van der Waals surface area contributed by atoms with Crippen molar-refractivity contribution < 1.29 is 4.92 Å². The van der Waals surface area contributed by atoms with Gasteiger partial charge in [-0.1, -0.05) is 6.92 Å². The molecule has 0 amide bonds. The first kappa shape index (κ1) is 13.2. The van der Waals surface area contributed by atoms with E-state index in [2.05, 4.69) is 22.5 Å². The van der Waals surface area contributed by atoms with E-state index >= 15 is 0 Å². The average Bonchev–Trinajstić information content (AvgIpc) is 2.28. The topological polar surface area (TPSA) is 106 Å². The third-order valence-electron chi connectivity index (χ3n) is 2.13. The van der Waals surface area contributed by atoms with Gasteiger partial charge in [-0.15, -0.1) is 0 Å². The van der Waals surface area contributed by atoms with Gasteiger partial charge in [-0.2, -0.15) is 0 Å². The molecule has 0 unspecified atom stereocenters. The molecule has 0 bridgehead atoms. The maximum atomic E-state index is 10.5. The molecule has 0 saturated carbocycles. The molecule has 0 fully saturated rings. The van der Waals surface area contributed by atoms with Crippen LogP contribution in [0, 0.1) is 10.1 Å². The van der Waals surface area contributed by atoms with Crippen molar-refractivity contribution in [3.63, 3.8) is 0 Å². The summed E-state index contributed by atoms with van der Waals surface area (Å²) in [5.41, 5.74) is 5.30. The predicted octanol–water partition coefficient (Wildman–Crippen LogP) is 0.983. The Kier molecular flexibility index (Phi) is 5.15. The SMILES string of the molecule is CCCNCCNc1ccc([N+](=O)[O-])c(N)n1. The number of nitrogens with zero attached hydrogens (tertiary/aromatic N) is 2. The lowest BCUT2D eigenvalue weighted by molar-refractivity contribution is -0.384. The van der Waals surface area contributed by atoms with Crippen molar-refractivity contribution in [1.82, 2.24) is 10.3 Å². The first-order chi connectivity index (χ1) is 8.15. The van der Waals surface area contributed by atoms with E-state index in [1.54, 1.807) is 6.07 Å². The van der Waals surface area contributed by atoms with Crippen LogP contribution in [0.5, 0.6) is 0 Å². The monoisotopic (exact) mass is 239 g/mol. The van der Waals surface area contributed by atoms with Crippen LogP contribution < -0.4 is 16.4 Å². The van der Waals surface area contributed by atoms with E-state index in [0.717, 1.165) is 19.5 Å². The number of nitrogen functional groups attached to an aromatic ring is 1. The van der Waals surface area contributed by atoms with Crippen LogP contribution in [0.1, 0.15) is 13.3 Å². The van der Waals surface area contributed by atoms with Crippen LogP contribution in [0.15, 0.2) is 12.1 Å². The molecule has 0 aliphatic carbocycles. The Balaban J connectivity index is 2.45. The fraction of sp³-hybridized carbons (Fsp3) is 0.500. The predicted molar refractivity (Wildman–Crippen MR) is 67.0 cm³/mol. The van der Waals surface area contributed by atoms with Gasteiger partial charge in [0.05, 0.1) is 4.92 Å². The van der Waals surface area contributed by atoms with Crippen molar-refractivity contribution in [2.24, 2.45) is 0 Å². The van der Waals surface area contributed by atoms with E-state index in [-0.39, 0.29) is 11.5 Å². The lowest BCUT2D eigenvalue weighted by Gasteiger charge is -2.06. The van der Waals surface area contributed by atoms with Gasteiger partial charge in [-0.05, 0) is 19.0 Å². The lowest BCUT2D eigenvalue weighted by Crippen LogP contribution is -2.23. The summed E-state index contributed by atoms with van der Waals surface area (Å²) in [4.78, 5) is 13.9. The maximum absolute atomic E-state index is 10.5. The molecule has 4 N–H and O–H groups in total. The van der Waals surface area contributed by atoms with Crippen LogP contribution in [-0.4, -0.2) is 29.5 Å². The molecule has 0 radical (unpaired) electrons. The third kappa shape index (κ3) is 4.23. The number of nitrogens with two attached hydrogens (primary N) is 1. The van der Waals surface area contributed by atoms with Gasteiger partial charge in [0.1, 0.15) is 5.82 Å². The molecule has 1 aromatic rings. The van der Waals surface area contributed by atoms with Crippen LogP contribution in [0.3, 0.4) is 0 Å². The van der Waals surface area contributed by atoms with Gasteiger partial charge in [-0.25, -0.2) is 4.98 Å². The van der Waals surface area contributed by atoms with Gasteiger partial charge in [0.15, 0.2) is 0 Å². The van der Waals surface area contributed by atoms with E-state index in [9.17, 15) is 10.1 Å². The minimum Gasteiger partial charge on any atom is -0.378 e. The third-order valence-corrected chi connectivity index (χ3v) is 2.13. The van der Waals surface area contributed by atoms with Gasteiger partial charge in [0, 0.05) is 19.2 Å². The summed E-state index contributed by atoms with van der Waals surface area (Å²) >= 11 is 0. The van der Waals surface area contributed by atoms with Crippen molar-refractivity contribution in [2.45, 2.75) is 13.3 Å². The summed E-state index contributed by atoms with van der Waals surface area (Å²) in [6, 6.07) is 2.90. The number of aromatic nitrogens is 1. The molecule has 0 saturated heterocycles. The molecule has 7 nitrogen and oxygen atoms in total. The molecule has 7 heteroatoms. The van der Waals surface area contributed by atoms with Crippen molar-refractivity contribution in [1.29, 1.82) is 0 Å². The quantitative estimate of drug-likeness (QED) is 0.372. The molecule has 0 aliphatic heterocycles.